The largest absolute Gasteiger partial charge is 0.368 e. The fraction of sp³-hybridized carbons (Fsp3) is 0.615. The summed E-state index contributed by atoms with van der Waals surface area (Å²) in [6.07, 6.45) is 4.74. The molecule has 0 spiro atoms. The Kier molecular flexibility index (Phi) is 3.43. The number of rotatable bonds is 2. The van der Waals surface area contributed by atoms with Gasteiger partial charge in [-0.1, -0.05) is 0 Å². The molecule has 4 N–H and O–H groups in total. The Hall–Kier alpha value is -1.89. The predicted molar refractivity (Wildman–Crippen MR) is 71.5 cm³/mol. The topological polar surface area (TPSA) is 104 Å². The first-order valence-corrected chi connectivity index (χ1v) is 7.01. The number of imidazole rings is 1. The molecule has 3 rings (SSSR count). The van der Waals surface area contributed by atoms with Gasteiger partial charge >= 0.3 is 0 Å². The van der Waals surface area contributed by atoms with Crippen molar-refractivity contribution in [3.05, 3.63) is 17.7 Å². The second-order valence-corrected chi connectivity index (χ2v) is 5.41. The van der Waals surface area contributed by atoms with Crippen LogP contribution in [-0.2, 0) is 22.6 Å². The van der Waals surface area contributed by atoms with Crippen molar-refractivity contribution in [3.8, 4) is 0 Å². The molecule has 1 aromatic rings. The van der Waals surface area contributed by atoms with Gasteiger partial charge in [-0.15, -0.1) is 0 Å². The zero-order valence-electron chi connectivity index (χ0n) is 11.3. The fourth-order valence-corrected chi connectivity index (χ4v) is 3.04. The van der Waals surface area contributed by atoms with Crippen LogP contribution in [0.5, 0.6) is 0 Å². The highest BCUT2D eigenvalue weighted by molar-refractivity contribution is 5.89. The minimum atomic E-state index is -0.460. The van der Waals surface area contributed by atoms with Gasteiger partial charge in [0.1, 0.15) is 6.04 Å². The van der Waals surface area contributed by atoms with E-state index in [0.29, 0.717) is 25.9 Å². The van der Waals surface area contributed by atoms with Crippen LogP contribution >= 0.6 is 0 Å². The molecule has 2 aliphatic rings. The van der Waals surface area contributed by atoms with Gasteiger partial charge in [0.15, 0.2) is 0 Å². The van der Waals surface area contributed by atoms with Crippen LogP contribution in [-0.4, -0.2) is 45.3 Å². The SMILES string of the molecule is NC(=O)C1CCCCN1C(=O)C1Cc2nc[nH]c2CN1. The molecule has 1 fully saturated rings. The van der Waals surface area contributed by atoms with Crippen molar-refractivity contribution < 1.29 is 9.59 Å². The summed E-state index contributed by atoms with van der Waals surface area (Å²) in [6, 6.07) is -0.774. The maximum absolute atomic E-state index is 12.6. The summed E-state index contributed by atoms with van der Waals surface area (Å²) < 4.78 is 0. The molecule has 2 aliphatic heterocycles. The zero-order valence-corrected chi connectivity index (χ0v) is 11.3. The van der Waals surface area contributed by atoms with E-state index in [4.69, 9.17) is 5.73 Å². The molecule has 20 heavy (non-hydrogen) atoms. The summed E-state index contributed by atoms with van der Waals surface area (Å²) >= 11 is 0. The molecule has 0 bridgehead atoms. The molecule has 0 saturated carbocycles. The maximum Gasteiger partial charge on any atom is 0.240 e. The Morgan fingerprint density at radius 2 is 2.25 bits per heavy atom. The van der Waals surface area contributed by atoms with Gasteiger partial charge in [-0.25, -0.2) is 4.98 Å². The van der Waals surface area contributed by atoms with Crippen molar-refractivity contribution >= 4 is 11.8 Å². The third-order valence-electron chi connectivity index (χ3n) is 4.14. The molecule has 0 radical (unpaired) electrons. The summed E-state index contributed by atoms with van der Waals surface area (Å²) in [4.78, 5) is 33.0. The van der Waals surface area contributed by atoms with Crippen LogP contribution in [0.2, 0.25) is 0 Å². The number of H-pyrrole nitrogens is 1. The van der Waals surface area contributed by atoms with Gasteiger partial charge in [0.05, 0.1) is 23.8 Å². The van der Waals surface area contributed by atoms with Crippen molar-refractivity contribution in [3.63, 3.8) is 0 Å². The summed E-state index contributed by atoms with van der Waals surface area (Å²) in [5.41, 5.74) is 7.37. The Morgan fingerprint density at radius 1 is 1.40 bits per heavy atom. The van der Waals surface area contributed by atoms with Gasteiger partial charge in [-0.3, -0.25) is 14.9 Å². The molecule has 2 amide bonds. The summed E-state index contributed by atoms with van der Waals surface area (Å²) in [5.74, 6) is -0.448. The molecular formula is C13H19N5O2. The van der Waals surface area contributed by atoms with Crippen LogP contribution in [0, 0.1) is 0 Å². The molecule has 0 aromatic carbocycles. The first-order valence-electron chi connectivity index (χ1n) is 7.01. The molecule has 2 atom stereocenters. The van der Waals surface area contributed by atoms with Gasteiger partial charge in [-0.2, -0.15) is 0 Å². The highest BCUT2D eigenvalue weighted by Gasteiger charge is 2.36. The van der Waals surface area contributed by atoms with Crippen molar-refractivity contribution in [2.24, 2.45) is 5.73 Å². The molecule has 0 aliphatic carbocycles. The number of fused-ring (bicyclic) bond motifs is 1. The lowest BCUT2D eigenvalue weighted by molar-refractivity contribution is -0.143. The Balaban J connectivity index is 1.73. The molecule has 2 unspecified atom stereocenters. The molecule has 3 heterocycles. The number of nitrogens with two attached hydrogens (primary N) is 1. The number of likely N-dealkylation sites (tertiary alicyclic amines) is 1. The Labute approximate surface area is 116 Å². The number of carbonyl (C=O) groups is 2. The lowest BCUT2D eigenvalue weighted by Gasteiger charge is -2.37. The number of hydrogen-bond acceptors (Lipinski definition) is 4. The first-order chi connectivity index (χ1) is 9.66. The highest BCUT2D eigenvalue weighted by Crippen LogP contribution is 2.20. The minimum Gasteiger partial charge on any atom is -0.368 e. The predicted octanol–water partition coefficient (Wildman–Crippen LogP) is -0.710. The average Bonchev–Trinajstić information content (AvgIpc) is 2.93. The molecule has 1 saturated heterocycles. The number of amides is 2. The second kappa shape index (κ2) is 5.24. The number of carbonyl (C=O) groups excluding carboxylic acids is 2. The number of piperidine rings is 1. The fourth-order valence-electron chi connectivity index (χ4n) is 3.04. The number of hydrogen-bond donors (Lipinski definition) is 3. The number of aromatic nitrogens is 2. The standard InChI is InChI=1S/C13H19N5O2/c14-12(19)11-3-1-2-4-18(11)13(20)9-5-8-10(6-15-9)17-7-16-8/h7,9,11,15H,1-6H2,(H2,14,19)(H,16,17). The van der Waals surface area contributed by atoms with Gasteiger partial charge in [-0.05, 0) is 19.3 Å². The highest BCUT2D eigenvalue weighted by atomic mass is 16.2. The lowest BCUT2D eigenvalue weighted by atomic mass is 9.98. The van der Waals surface area contributed by atoms with Crippen LogP contribution in [0.3, 0.4) is 0 Å². The molecular weight excluding hydrogens is 258 g/mol. The van der Waals surface area contributed by atoms with Gasteiger partial charge in [0.25, 0.3) is 0 Å². The van der Waals surface area contributed by atoms with E-state index in [-0.39, 0.29) is 11.9 Å². The molecule has 108 valence electrons. The van der Waals surface area contributed by atoms with E-state index in [1.807, 2.05) is 0 Å². The Bertz CT molecular complexity index is 527. The van der Waals surface area contributed by atoms with Crippen LogP contribution in [0.4, 0.5) is 0 Å². The van der Waals surface area contributed by atoms with E-state index in [2.05, 4.69) is 15.3 Å². The molecule has 7 heteroatoms. The van der Waals surface area contributed by atoms with E-state index in [1.54, 1.807) is 11.2 Å². The van der Waals surface area contributed by atoms with Crippen molar-refractivity contribution in [1.82, 2.24) is 20.2 Å². The smallest absolute Gasteiger partial charge is 0.240 e. The Morgan fingerprint density at radius 3 is 3.05 bits per heavy atom. The van der Waals surface area contributed by atoms with E-state index in [9.17, 15) is 9.59 Å². The van der Waals surface area contributed by atoms with Crippen molar-refractivity contribution in [2.45, 2.75) is 44.3 Å². The normalized spacial score (nSPS) is 26.1. The minimum absolute atomic E-state index is 0.0397. The van der Waals surface area contributed by atoms with E-state index in [1.165, 1.54) is 0 Å². The van der Waals surface area contributed by atoms with Gasteiger partial charge < -0.3 is 15.6 Å². The zero-order chi connectivity index (χ0) is 14.1. The quantitative estimate of drug-likeness (QED) is 0.664. The molecule has 1 aromatic heterocycles. The lowest BCUT2D eigenvalue weighted by Crippen LogP contribution is -2.57. The summed E-state index contributed by atoms with van der Waals surface area (Å²) in [7, 11) is 0. The van der Waals surface area contributed by atoms with Gasteiger partial charge in [0.2, 0.25) is 11.8 Å². The third-order valence-corrected chi connectivity index (χ3v) is 4.14. The first kappa shape index (κ1) is 13.1. The van der Waals surface area contributed by atoms with E-state index in [0.717, 1.165) is 24.2 Å². The maximum atomic E-state index is 12.6. The van der Waals surface area contributed by atoms with Crippen LogP contribution in [0.1, 0.15) is 30.7 Å². The third kappa shape index (κ3) is 2.29. The van der Waals surface area contributed by atoms with Crippen molar-refractivity contribution in [1.29, 1.82) is 0 Å². The van der Waals surface area contributed by atoms with E-state index < -0.39 is 11.9 Å². The van der Waals surface area contributed by atoms with Crippen molar-refractivity contribution in [2.75, 3.05) is 6.54 Å². The number of nitrogens with one attached hydrogen (secondary N) is 2. The summed E-state index contributed by atoms with van der Waals surface area (Å²) in [5, 5.41) is 3.20. The van der Waals surface area contributed by atoms with E-state index >= 15 is 0 Å². The van der Waals surface area contributed by atoms with Crippen LogP contribution in [0.25, 0.3) is 0 Å². The number of primary amides is 1. The number of nitrogens with zero attached hydrogens (tertiary/aromatic N) is 2. The number of aromatic amines is 1. The average molecular weight is 277 g/mol. The monoisotopic (exact) mass is 277 g/mol. The van der Waals surface area contributed by atoms with Crippen LogP contribution in [0.15, 0.2) is 6.33 Å². The molecule has 7 nitrogen and oxygen atoms in total. The second-order valence-electron chi connectivity index (χ2n) is 5.41. The summed E-state index contributed by atoms with van der Waals surface area (Å²) in [6.45, 7) is 1.21. The van der Waals surface area contributed by atoms with Gasteiger partial charge in [0, 0.05) is 19.5 Å². The van der Waals surface area contributed by atoms with Crippen LogP contribution < -0.4 is 11.1 Å².